The monoisotopic (exact) mass is 336 g/mol. The van der Waals surface area contributed by atoms with Crippen molar-refractivity contribution in [3.05, 3.63) is 39.4 Å². The molecule has 0 fully saturated rings. The summed E-state index contributed by atoms with van der Waals surface area (Å²) in [4.78, 5) is 24.4. The van der Waals surface area contributed by atoms with E-state index in [0.29, 0.717) is 50.1 Å². The highest BCUT2D eigenvalue weighted by molar-refractivity contribution is 6.45. The average Bonchev–Trinajstić information content (AvgIpc) is 2.43. The molecule has 114 valence electrons. The first-order valence-corrected chi connectivity index (χ1v) is 7.70. The van der Waals surface area contributed by atoms with Gasteiger partial charge in [0.25, 0.3) is 11.8 Å². The lowest BCUT2D eigenvalue weighted by atomic mass is 9.93. The Morgan fingerprint density at radius 2 is 1.82 bits per heavy atom. The van der Waals surface area contributed by atoms with E-state index in [4.69, 9.17) is 23.2 Å². The summed E-state index contributed by atoms with van der Waals surface area (Å²) in [6.45, 7) is 4.81. The topological polar surface area (TPSA) is 58.2 Å². The molecule has 0 atom stereocenters. The Kier molecular flexibility index (Phi) is 3.75. The van der Waals surface area contributed by atoms with Gasteiger partial charge in [-0.2, -0.15) is 0 Å². The fraction of sp³-hybridized carbons (Fsp3) is 0.250. The number of hydrogen-bond acceptors (Lipinski definition) is 3. The van der Waals surface area contributed by atoms with Gasteiger partial charge in [0, 0.05) is 33.6 Å². The zero-order chi connectivity index (χ0) is 16.0. The molecule has 0 bridgehead atoms. The van der Waals surface area contributed by atoms with E-state index < -0.39 is 11.8 Å². The molecule has 1 aliphatic heterocycles. The molecule has 2 amide bonds. The van der Waals surface area contributed by atoms with Crippen LogP contribution in [0, 0.1) is 5.92 Å². The number of carbonyl (C=O) groups excluding carboxylic acids is 2. The summed E-state index contributed by atoms with van der Waals surface area (Å²) in [5.74, 6) is -0.474. The van der Waals surface area contributed by atoms with Gasteiger partial charge < -0.3 is 5.32 Å². The second-order valence-corrected chi connectivity index (χ2v) is 6.50. The Balaban J connectivity index is 2.35. The van der Waals surface area contributed by atoms with E-state index in [1.165, 1.54) is 0 Å². The maximum atomic E-state index is 12.3. The predicted octanol–water partition coefficient (Wildman–Crippen LogP) is 4.10. The first kappa shape index (κ1) is 15.1. The Bertz CT molecular complexity index is 816. The molecule has 0 aliphatic carbocycles. The van der Waals surface area contributed by atoms with Crippen LogP contribution in [0.2, 0.25) is 10.0 Å². The molecule has 2 aromatic carbocycles. The standard InChI is InChI=1S/C16H14Cl2N2O2/c1-7(2)6-19-11-5-10(18)13-9(17)4-3-8-12(13)14(11)16(22)20-15(8)21/h3-5,7,19H,6H2,1-2H3,(H,20,21,22). The average molecular weight is 337 g/mol. The third-order valence-electron chi connectivity index (χ3n) is 3.58. The maximum absolute atomic E-state index is 12.3. The van der Waals surface area contributed by atoms with Gasteiger partial charge in [0.15, 0.2) is 0 Å². The smallest absolute Gasteiger partial charge is 0.260 e. The van der Waals surface area contributed by atoms with Gasteiger partial charge in [0.05, 0.1) is 10.6 Å². The van der Waals surface area contributed by atoms with Crippen LogP contribution in [0.1, 0.15) is 34.6 Å². The van der Waals surface area contributed by atoms with Crippen molar-refractivity contribution >= 4 is 51.5 Å². The number of amides is 2. The predicted molar refractivity (Wildman–Crippen MR) is 89.1 cm³/mol. The molecule has 3 rings (SSSR count). The number of imide groups is 1. The Labute approximate surface area is 137 Å². The Morgan fingerprint density at radius 1 is 1.09 bits per heavy atom. The maximum Gasteiger partial charge on any atom is 0.260 e. The van der Waals surface area contributed by atoms with Gasteiger partial charge >= 0.3 is 0 Å². The minimum absolute atomic E-state index is 0.397. The molecule has 6 heteroatoms. The molecule has 0 saturated heterocycles. The lowest BCUT2D eigenvalue weighted by Crippen LogP contribution is -2.35. The Hall–Kier alpha value is -1.78. The second-order valence-electron chi connectivity index (χ2n) is 5.68. The van der Waals surface area contributed by atoms with E-state index in [1.807, 2.05) is 0 Å². The van der Waals surface area contributed by atoms with Crippen molar-refractivity contribution in [3.63, 3.8) is 0 Å². The van der Waals surface area contributed by atoms with Crippen LogP contribution in [-0.4, -0.2) is 18.4 Å². The fourth-order valence-electron chi connectivity index (χ4n) is 2.59. The SMILES string of the molecule is CC(C)CNc1cc(Cl)c2c(Cl)ccc3c2c1C(=O)NC3=O. The van der Waals surface area contributed by atoms with Crippen LogP contribution in [0.15, 0.2) is 18.2 Å². The largest absolute Gasteiger partial charge is 0.384 e. The van der Waals surface area contributed by atoms with Crippen LogP contribution in [0.5, 0.6) is 0 Å². The Morgan fingerprint density at radius 3 is 2.50 bits per heavy atom. The number of benzene rings is 2. The first-order chi connectivity index (χ1) is 10.4. The molecule has 2 N–H and O–H groups in total. The molecule has 0 spiro atoms. The van der Waals surface area contributed by atoms with Crippen LogP contribution < -0.4 is 10.6 Å². The van der Waals surface area contributed by atoms with Gasteiger partial charge in [-0.1, -0.05) is 37.0 Å². The molecule has 1 aliphatic rings. The molecule has 0 aromatic heterocycles. The molecule has 4 nitrogen and oxygen atoms in total. The number of anilines is 1. The van der Waals surface area contributed by atoms with E-state index >= 15 is 0 Å². The van der Waals surface area contributed by atoms with Crippen molar-refractivity contribution in [1.82, 2.24) is 5.32 Å². The highest BCUT2D eigenvalue weighted by atomic mass is 35.5. The molecular formula is C16H14Cl2N2O2. The highest BCUT2D eigenvalue weighted by Crippen LogP contribution is 2.40. The summed E-state index contributed by atoms with van der Waals surface area (Å²) in [6, 6.07) is 4.91. The van der Waals surface area contributed by atoms with Crippen molar-refractivity contribution in [2.45, 2.75) is 13.8 Å². The van der Waals surface area contributed by atoms with Gasteiger partial charge in [-0.25, -0.2) is 0 Å². The summed E-state index contributed by atoms with van der Waals surface area (Å²) in [5.41, 5.74) is 1.43. The molecule has 0 unspecified atom stereocenters. The molecule has 0 saturated carbocycles. The van der Waals surface area contributed by atoms with Crippen LogP contribution in [0.4, 0.5) is 5.69 Å². The molecule has 2 aromatic rings. The van der Waals surface area contributed by atoms with Crippen molar-refractivity contribution in [2.75, 3.05) is 11.9 Å². The van der Waals surface area contributed by atoms with Crippen LogP contribution >= 0.6 is 23.2 Å². The zero-order valence-corrected chi connectivity index (χ0v) is 13.6. The zero-order valence-electron chi connectivity index (χ0n) is 12.1. The molecular weight excluding hydrogens is 323 g/mol. The summed E-state index contributed by atoms with van der Waals surface area (Å²) in [6.07, 6.45) is 0. The van der Waals surface area contributed by atoms with Crippen LogP contribution in [0.25, 0.3) is 10.8 Å². The van der Waals surface area contributed by atoms with Crippen molar-refractivity contribution < 1.29 is 9.59 Å². The van der Waals surface area contributed by atoms with Gasteiger partial charge in [-0.3, -0.25) is 14.9 Å². The van der Waals surface area contributed by atoms with Gasteiger partial charge in [0.2, 0.25) is 0 Å². The van der Waals surface area contributed by atoms with Gasteiger partial charge in [0.1, 0.15) is 0 Å². The molecule has 1 heterocycles. The van der Waals surface area contributed by atoms with Crippen molar-refractivity contribution in [2.24, 2.45) is 5.92 Å². The van der Waals surface area contributed by atoms with E-state index in [9.17, 15) is 9.59 Å². The molecule has 0 radical (unpaired) electrons. The van der Waals surface area contributed by atoms with E-state index in [0.717, 1.165) is 0 Å². The van der Waals surface area contributed by atoms with Crippen LogP contribution in [-0.2, 0) is 0 Å². The fourth-order valence-corrected chi connectivity index (χ4v) is 3.20. The highest BCUT2D eigenvalue weighted by Gasteiger charge is 2.29. The second kappa shape index (κ2) is 5.45. The number of carbonyl (C=O) groups is 2. The van der Waals surface area contributed by atoms with E-state index in [-0.39, 0.29) is 0 Å². The number of rotatable bonds is 3. The van der Waals surface area contributed by atoms with E-state index in [1.54, 1.807) is 18.2 Å². The summed E-state index contributed by atoms with van der Waals surface area (Å²) < 4.78 is 0. The molecule has 22 heavy (non-hydrogen) atoms. The van der Waals surface area contributed by atoms with E-state index in [2.05, 4.69) is 24.5 Å². The first-order valence-electron chi connectivity index (χ1n) is 6.94. The van der Waals surface area contributed by atoms with Crippen LogP contribution in [0.3, 0.4) is 0 Å². The van der Waals surface area contributed by atoms with Gasteiger partial charge in [-0.05, 0) is 24.1 Å². The lowest BCUT2D eigenvalue weighted by molar-refractivity contribution is 0.0845. The van der Waals surface area contributed by atoms with Crippen molar-refractivity contribution in [1.29, 1.82) is 0 Å². The minimum Gasteiger partial charge on any atom is -0.384 e. The third kappa shape index (κ3) is 2.32. The normalized spacial score (nSPS) is 13.7. The lowest BCUT2D eigenvalue weighted by Gasteiger charge is -2.22. The quantitative estimate of drug-likeness (QED) is 0.829. The summed E-state index contributed by atoms with van der Waals surface area (Å²) in [5, 5.41) is 7.47. The summed E-state index contributed by atoms with van der Waals surface area (Å²) >= 11 is 12.6. The number of halogens is 2. The van der Waals surface area contributed by atoms with Crippen molar-refractivity contribution in [3.8, 4) is 0 Å². The summed E-state index contributed by atoms with van der Waals surface area (Å²) in [7, 11) is 0. The minimum atomic E-state index is -0.437. The number of nitrogens with one attached hydrogen (secondary N) is 2. The number of hydrogen-bond donors (Lipinski definition) is 2. The van der Waals surface area contributed by atoms with Gasteiger partial charge in [-0.15, -0.1) is 0 Å². The third-order valence-corrected chi connectivity index (χ3v) is 4.20.